The lowest BCUT2D eigenvalue weighted by molar-refractivity contribution is -0.127. The van der Waals surface area contributed by atoms with Crippen molar-refractivity contribution < 1.29 is 28.8 Å². The predicted molar refractivity (Wildman–Crippen MR) is 143 cm³/mol. The van der Waals surface area contributed by atoms with Gasteiger partial charge in [-0.3, -0.25) is 28.9 Å². The van der Waals surface area contributed by atoms with Gasteiger partial charge in [-0.15, -0.1) is 0 Å². The van der Waals surface area contributed by atoms with Crippen molar-refractivity contribution in [3.8, 4) is 0 Å². The lowest BCUT2D eigenvalue weighted by atomic mass is 10.1. The van der Waals surface area contributed by atoms with Crippen molar-refractivity contribution in [2.24, 2.45) is 0 Å². The van der Waals surface area contributed by atoms with Crippen LogP contribution in [0.3, 0.4) is 0 Å². The van der Waals surface area contributed by atoms with E-state index in [0.717, 1.165) is 10.3 Å². The molecule has 2 atom stereocenters. The zero-order valence-electron chi connectivity index (χ0n) is 21.4. The highest BCUT2D eigenvalue weighted by molar-refractivity contribution is 6.10. The number of aromatic nitrogens is 1. The number of nitrogens with zero attached hydrogens (tertiary/aromatic N) is 3. The molecule has 0 saturated heterocycles. The molecule has 0 aliphatic carbocycles. The molecule has 0 unspecified atom stereocenters. The zero-order chi connectivity index (χ0) is 28.1. The number of carbonyl (C=O) groups is 6. The van der Waals surface area contributed by atoms with Gasteiger partial charge in [0, 0.05) is 18.7 Å². The van der Waals surface area contributed by atoms with E-state index < -0.39 is 36.3 Å². The molecule has 1 aliphatic heterocycles. The van der Waals surface area contributed by atoms with E-state index in [1.165, 1.54) is 24.8 Å². The highest BCUT2D eigenvalue weighted by Gasteiger charge is 2.37. The predicted octanol–water partition coefficient (Wildman–Crippen LogP) is 1.40. The number of Topliss-reactive ketones (excluding diaryl/α,β-unsaturated/α-hetero) is 1. The average molecular weight is 530 g/mol. The van der Waals surface area contributed by atoms with Crippen LogP contribution in [0.1, 0.15) is 30.8 Å². The van der Waals surface area contributed by atoms with Crippen molar-refractivity contribution in [3.05, 3.63) is 66.4 Å². The molecule has 0 radical (unpaired) electrons. The summed E-state index contributed by atoms with van der Waals surface area (Å²) >= 11 is 0. The molecule has 1 aliphatic rings. The van der Waals surface area contributed by atoms with Crippen LogP contribution < -0.4 is 20.4 Å². The Hall–Kier alpha value is -4.93. The number of amides is 4. The van der Waals surface area contributed by atoms with Crippen molar-refractivity contribution in [2.45, 2.75) is 32.4 Å². The number of carbonyl (C=O) groups excluding carboxylic acids is 6. The third-order valence-electron chi connectivity index (χ3n) is 6.23. The normalized spacial score (nSPS) is 15.6. The molecule has 2 aromatic carbocycles. The van der Waals surface area contributed by atoms with E-state index in [9.17, 15) is 28.8 Å². The molecule has 4 rings (SSSR count). The van der Waals surface area contributed by atoms with Crippen LogP contribution in [0.2, 0.25) is 0 Å². The topological polar surface area (TPSA) is 146 Å². The summed E-state index contributed by atoms with van der Waals surface area (Å²) in [5.41, 5.74) is 1.34. The van der Waals surface area contributed by atoms with Gasteiger partial charge in [0.05, 0.1) is 29.5 Å². The van der Waals surface area contributed by atoms with E-state index in [2.05, 4.69) is 15.6 Å². The number of anilines is 2. The quantitative estimate of drug-likeness (QED) is 0.420. The average Bonchev–Trinajstić information content (AvgIpc) is 3.02. The number of rotatable bonds is 8. The summed E-state index contributed by atoms with van der Waals surface area (Å²) in [5.74, 6) is -2.60. The molecular formula is C28H27N5O6. The second-order valence-corrected chi connectivity index (χ2v) is 9.17. The Kier molecular flexibility index (Phi) is 8.09. The molecule has 4 amide bonds. The molecular weight excluding hydrogens is 502 g/mol. The first-order valence-electron chi connectivity index (χ1n) is 12.3. The minimum atomic E-state index is -1.21. The summed E-state index contributed by atoms with van der Waals surface area (Å²) in [6, 6.07) is 14.8. The number of aldehydes is 1. The first-order valence-corrected chi connectivity index (χ1v) is 12.3. The van der Waals surface area contributed by atoms with Crippen LogP contribution in [0, 0.1) is 0 Å². The Morgan fingerprint density at radius 3 is 2.38 bits per heavy atom. The van der Waals surface area contributed by atoms with Gasteiger partial charge in [0.2, 0.25) is 11.8 Å². The van der Waals surface area contributed by atoms with E-state index >= 15 is 0 Å². The number of ketones is 1. The fourth-order valence-corrected chi connectivity index (χ4v) is 4.42. The van der Waals surface area contributed by atoms with Crippen molar-refractivity contribution in [3.63, 3.8) is 0 Å². The van der Waals surface area contributed by atoms with Gasteiger partial charge in [-0.05, 0) is 31.2 Å². The first kappa shape index (κ1) is 27.1. The van der Waals surface area contributed by atoms with Crippen molar-refractivity contribution in [2.75, 3.05) is 22.9 Å². The summed E-state index contributed by atoms with van der Waals surface area (Å²) in [5, 5.41) is 5.96. The van der Waals surface area contributed by atoms with Gasteiger partial charge < -0.3 is 20.3 Å². The minimum absolute atomic E-state index is 0.0833. The fourth-order valence-electron chi connectivity index (χ4n) is 4.42. The number of hydrogen-bond acceptors (Lipinski definition) is 7. The Morgan fingerprint density at radius 2 is 1.69 bits per heavy atom. The number of fused-ring (bicyclic) bond motifs is 2. The number of hydrogen-bond donors (Lipinski definition) is 2. The Morgan fingerprint density at radius 1 is 1.00 bits per heavy atom. The molecule has 2 N–H and O–H groups in total. The van der Waals surface area contributed by atoms with E-state index in [1.807, 2.05) is 12.1 Å². The number of pyridine rings is 1. The van der Waals surface area contributed by atoms with E-state index in [0.29, 0.717) is 17.5 Å². The molecule has 11 heteroatoms. The van der Waals surface area contributed by atoms with Crippen molar-refractivity contribution in [1.29, 1.82) is 0 Å². The van der Waals surface area contributed by atoms with Gasteiger partial charge in [0.25, 0.3) is 11.8 Å². The SMILES string of the molecule is CC(=O)C[C@@H](C=O)NC(=O)CN1C(=O)[C@@H](NC(=O)c2ccc3ccccc3n2)CN(C(C)=O)c2ccccc21. The second kappa shape index (κ2) is 11.6. The van der Waals surface area contributed by atoms with Crippen LogP contribution in [-0.4, -0.2) is 65.9 Å². The van der Waals surface area contributed by atoms with E-state index in [1.54, 1.807) is 42.5 Å². The largest absolute Gasteiger partial charge is 0.345 e. The zero-order valence-corrected chi connectivity index (χ0v) is 21.4. The van der Waals surface area contributed by atoms with Gasteiger partial charge in [0.1, 0.15) is 30.3 Å². The minimum Gasteiger partial charge on any atom is -0.345 e. The third kappa shape index (κ3) is 6.15. The van der Waals surface area contributed by atoms with Gasteiger partial charge in [-0.25, -0.2) is 4.98 Å². The number of nitrogens with one attached hydrogen (secondary N) is 2. The standard InChI is InChI=1S/C28H27N5O6/c1-17(35)13-20(16-34)29-26(37)15-33-25-10-6-5-9-24(25)32(18(2)36)14-23(28(33)39)31-27(38)22-12-11-19-7-3-4-8-21(19)30-22/h3-12,16,20,23H,13-15H2,1-2H3,(H,29,37)(H,31,38)/t20-,23-/m0/s1. The van der Waals surface area contributed by atoms with Crippen LogP contribution in [0.5, 0.6) is 0 Å². The van der Waals surface area contributed by atoms with Gasteiger partial charge >= 0.3 is 0 Å². The molecule has 0 fully saturated rings. The second-order valence-electron chi connectivity index (χ2n) is 9.17. The van der Waals surface area contributed by atoms with E-state index in [-0.39, 0.29) is 36.0 Å². The number of para-hydroxylation sites is 3. The lowest BCUT2D eigenvalue weighted by Crippen LogP contribution is -2.54. The third-order valence-corrected chi connectivity index (χ3v) is 6.23. The van der Waals surface area contributed by atoms with Crippen LogP contribution >= 0.6 is 0 Å². The maximum absolute atomic E-state index is 13.8. The van der Waals surface area contributed by atoms with Gasteiger partial charge in [-0.2, -0.15) is 0 Å². The first-order chi connectivity index (χ1) is 18.7. The van der Waals surface area contributed by atoms with Crippen LogP contribution in [-0.2, 0) is 24.0 Å². The molecule has 0 saturated carbocycles. The molecule has 0 spiro atoms. The smallest absolute Gasteiger partial charge is 0.270 e. The summed E-state index contributed by atoms with van der Waals surface area (Å²) in [7, 11) is 0. The molecule has 3 aromatic rings. The Bertz CT molecular complexity index is 1470. The van der Waals surface area contributed by atoms with Crippen molar-refractivity contribution in [1.82, 2.24) is 15.6 Å². The maximum atomic E-state index is 13.8. The summed E-state index contributed by atoms with van der Waals surface area (Å²) in [4.78, 5) is 82.1. The molecule has 11 nitrogen and oxygen atoms in total. The van der Waals surface area contributed by atoms with Crippen molar-refractivity contribution >= 4 is 58.0 Å². The molecule has 200 valence electrons. The number of benzene rings is 2. The van der Waals surface area contributed by atoms with Crippen LogP contribution in [0.4, 0.5) is 11.4 Å². The van der Waals surface area contributed by atoms with Crippen LogP contribution in [0.15, 0.2) is 60.7 Å². The molecule has 39 heavy (non-hydrogen) atoms. The summed E-state index contributed by atoms with van der Waals surface area (Å²) in [6.07, 6.45) is 0.268. The monoisotopic (exact) mass is 529 g/mol. The Labute approximate surface area is 224 Å². The van der Waals surface area contributed by atoms with E-state index in [4.69, 9.17) is 0 Å². The highest BCUT2D eigenvalue weighted by atomic mass is 16.2. The molecule has 2 heterocycles. The summed E-state index contributed by atoms with van der Waals surface area (Å²) < 4.78 is 0. The maximum Gasteiger partial charge on any atom is 0.270 e. The fraction of sp³-hybridized carbons (Fsp3) is 0.250. The van der Waals surface area contributed by atoms with Gasteiger partial charge in [0.15, 0.2) is 0 Å². The molecule has 1 aromatic heterocycles. The summed E-state index contributed by atoms with van der Waals surface area (Å²) in [6.45, 7) is 1.95. The molecule has 0 bridgehead atoms. The van der Waals surface area contributed by atoms with Crippen LogP contribution in [0.25, 0.3) is 10.9 Å². The Balaban J connectivity index is 1.64. The lowest BCUT2D eigenvalue weighted by Gasteiger charge is -2.25. The highest BCUT2D eigenvalue weighted by Crippen LogP contribution is 2.33. The van der Waals surface area contributed by atoms with Gasteiger partial charge in [-0.1, -0.05) is 36.4 Å².